The average Bonchev–Trinajstić information content (AvgIpc) is 2.64. The molecular formula is C14H23N5. The average molecular weight is 261 g/mol. The number of piperidine rings is 1. The van der Waals surface area contributed by atoms with Gasteiger partial charge in [0.05, 0.1) is 5.69 Å². The van der Waals surface area contributed by atoms with Gasteiger partial charge >= 0.3 is 0 Å². The first-order chi connectivity index (χ1) is 9.24. The zero-order valence-electron chi connectivity index (χ0n) is 11.7. The van der Waals surface area contributed by atoms with Crippen molar-refractivity contribution in [3.8, 4) is 0 Å². The number of hydrogen-bond donors (Lipinski definition) is 2. The topological polar surface area (TPSA) is 67.1 Å². The molecule has 0 bridgehead atoms. The van der Waals surface area contributed by atoms with E-state index < -0.39 is 0 Å². The fourth-order valence-electron chi connectivity index (χ4n) is 3.17. The van der Waals surface area contributed by atoms with Crippen molar-refractivity contribution in [2.24, 2.45) is 0 Å². The number of nitrogens with zero attached hydrogens (tertiary/aromatic N) is 3. The largest absolute Gasteiger partial charge is 0.370 e. The Balaban J connectivity index is 1.93. The Morgan fingerprint density at radius 1 is 1.21 bits per heavy atom. The summed E-state index contributed by atoms with van der Waals surface area (Å²) < 4.78 is 0. The summed E-state index contributed by atoms with van der Waals surface area (Å²) in [6.07, 6.45) is 5.86. The maximum atomic E-state index is 5.90. The number of fused-ring (bicyclic) bond motifs is 1. The van der Waals surface area contributed by atoms with Crippen molar-refractivity contribution in [2.45, 2.75) is 38.0 Å². The number of nitrogen functional groups attached to an aromatic ring is 1. The van der Waals surface area contributed by atoms with Crippen LogP contribution in [0.4, 0.5) is 11.8 Å². The van der Waals surface area contributed by atoms with Crippen LogP contribution in [0.25, 0.3) is 0 Å². The molecule has 0 aliphatic carbocycles. The number of aromatic nitrogens is 2. The molecule has 5 nitrogen and oxygen atoms in total. The van der Waals surface area contributed by atoms with Crippen molar-refractivity contribution >= 4 is 11.8 Å². The highest BCUT2D eigenvalue weighted by molar-refractivity contribution is 5.51. The standard InChI is InChI=1S/C14H23N5/c1-19-8-5-10(6-9-19)12-11-4-2-3-7-16-13(11)18-14(15)17-12/h10H,2-9H2,1H3,(H3,15,16,17,18). The van der Waals surface area contributed by atoms with Gasteiger partial charge in [-0.25, -0.2) is 4.98 Å². The van der Waals surface area contributed by atoms with Crippen molar-refractivity contribution < 1.29 is 0 Å². The third-order valence-electron chi connectivity index (χ3n) is 4.31. The van der Waals surface area contributed by atoms with Crippen molar-refractivity contribution in [1.82, 2.24) is 14.9 Å². The molecule has 1 aromatic heterocycles. The first-order valence-electron chi connectivity index (χ1n) is 7.33. The second-order valence-electron chi connectivity index (χ2n) is 5.76. The second kappa shape index (κ2) is 5.33. The van der Waals surface area contributed by atoms with E-state index in [1.807, 2.05) is 0 Å². The van der Waals surface area contributed by atoms with Gasteiger partial charge in [0.25, 0.3) is 0 Å². The van der Waals surface area contributed by atoms with Gasteiger partial charge < -0.3 is 16.0 Å². The monoisotopic (exact) mass is 261 g/mol. The molecule has 0 atom stereocenters. The normalized spacial score (nSPS) is 21.5. The van der Waals surface area contributed by atoms with Crippen LogP contribution in [-0.2, 0) is 6.42 Å². The Hall–Kier alpha value is -1.36. The van der Waals surface area contributed by atoms with Gasteiger partial charge in [0.1, 0.15) is 5.82 Å². The van der Waals surface area contributed by atoms with Gasteiger partial charge in [0.2, 0.25) is 5.95 Å². The SMILES string of the molecule is CN1CCC(c2nc(N)nc3c2CCCCN3)CC1. The minimum atomic E-state index is 0.419. The van der Waals surface area contributed by atoms with Gasteiger partial charge in [-0.3, -0.25) is 0 Å². The van der Waals surface area contributed by atoms with Gasteiger partial charge in [-0.05, 0) is 52.2 Å². The lowest BCUT2D eigenvalue weighted by atomic mass is 9.89. The number of likely N-dealkylation sites (tertiary alicyclic amines) is 1. The second-order valence-corrected chi connectivity index (χ2v) is 5.76. The number of hydrogen-bond acceptors (Lipinski definition) is 5. The maximum absolute atomic E-state index is 5.90. The fraction of sp³-hybridized carbons (Fsp3) is 0.714. The maximum Gasteiger partial charge on any atom is 0.222 e. The van der Waals surface area contributed by atoms with E-state index in [1.165, 1.54) is 36.9 Å². The quantitative estimate of drug-likeness (QED) is 0.804. The fourth-order valence-corrected chi connectivity index (χ4v) is 3.17. The molecule has 1 fully saturated rings. The summed E-state index contributed by atoms with van der Waals surface area (Å²) in [5.74, 6) is 1.95. The lowest BCUT2D eigenvalue weighted by molar-refractivity contribution is 0.253. The van der Waals surface area contributed by atoms with Crippen molar-refractivity contribution in [2.75, 3.05) is 37.7 Å². The molecule has 1 aromatic rings. The van der Waals surface area contributed by atoms with Gasteiger partial charge in [0.15, 0.2) is 0 Å². The van der Waals surface area contributed by atoms with Gasteiger partial charge in [-0.1, -0.05) is 0 Å². The van der Waals surface area contributed by atoms with Crippen molar-refractivity contribution in [3.63, 3.8) is 0 Å². The van der Waals surface area contributed by atoms with Crippen LogP contribution in [0.1, 0.15) is 42.9 Å². The van der Waals surface area contributed by atoms with Crippen molar-refractivity contribution in [3.05, 3.63) is 11.3 Å². The van der Waals surface area contributed by atoms with E-state index >= 15 is 0 Å². The van der Waals surface area contributed by atoms with Crippen LogP contribution in [0.2, 0.25) is 0 Å². The summed E-state index contributed by atoms with van der Waals surface area (Å²) in [4.78, 5) is 11.4. The molecule has 0 saturated carbocycles. The van der Waals surface area contributed by atoms with E-state index in [-0.39, 0.29) is 0 Å². The summed E-state index contributed by atoms with van der Waals surface area (Å²) in [5, 5.41) is 3.41. The first kappa shape index (κ1) is 12.7. The summed E-state index contributed by atoms with van der Waals surface area (Å²) >= 11 is 0. The Morgan fingerprint density at radius 2 is 2.00 bits per heavy atom. The molecule has 19 heavy (non-hydrogen) atoms. The highest BCUT2D eigenvalue weighted by Crippen LogP contribution is 2.33. The van der Waals surface area contributed by atoms with E-state index in [4.69, 9.17) is 5.73 Å². The minimum Gasteiger partial charge on any atom is -0.370 e. The van der Waals surface area contributed by atoms with Gasteiger partial charge in [-0.15, -0.1) is 0 Å². The molecule has 3 N–H and O–H groups in total. The lowest BCUT2D eigenvalue weighted by Gasteiger charge is -2.30. The van der Waals surface area contributed by atoms with Crippen LogP contribution in [-0.4, -0.2) is 41.5 Å². The first-order valence-corrected chi connectivity index (χ1v) is 7.33. The van der Waals surface area contributed by atoms with E-state index in [0.29, 0.717) is 11.9 Å². The summed E-state index contributed by atoms with van der Waals surface area (Å²) in [7, 11) is 2.19. The zero-order chi connectivity index (χ0) is 13.2. The van der Waals surface area contributed by atoms with Gasteiger partial charge in [0, 0.05) is 18.0 Å². The molecule has 1 saturated heterocycles. The Morgan fingerprint density at radius 3 is 2.79 bits per heavy atom. The molecular weight excluding hydrogens is 238 g/mol. The van der Waals surface area contributed by atoms with Crippen LogP contribution in [0.5, 0.6) is 0 Å². The van der Waals surface area contributed by atoms with Crippen LogP contribution in [0.15, 0.2) is 0 Å². The molecule has 2 aliphatic rings. The summed E-state index contributed by atoms with van der Waals surface area (Å²) in [5.41, 5.74) is 8.43. The summed E-state index contributed by atoms with van der Waals surface area (Å²) in [6, 6.07) is 0. The van der Waals surface area contributed by atoms with E-state index in [9.17, 15) is 0 Å². The van der Waals surface area contributed by atoms with Crippen LogP contribution >= 0.6 is 0 Å². The highest BCUT2D eigenvalue weighted by atomic mass is 15.1. The smallest absolute Gasteiger partial charge is 0.222 e. The van der Waals surface area contributed by atoms with Crippen LogP contribution < -0.4 is 11.1 Å². The molecule has 0 unspecified atom stereocenters. The predicted octanol–water partition coefficient (Wildman–Crippen LogP) is 1.62. The molecule has 3 heterocycles. The van der Waals surface area contributed by atoms with E-state index in [0.717, 1.165) is 31.9 Å². The van der Waals surface area contributed by atoms with E-state index in [2.05, 4.69) is 27.2 Å². The van der Waals surface area contributed by atoms with Gasteiger partial charge in [-0.2, -0.15) is 4.98 Å². The third-order valence-corrected chi connectivity index (χ3v) is 4.31. The minimum absolute atomic E-state index is 0.419. The number of nitrogens with two attached hydrogens (primary N) is 1. The number of anilines is 2. The molecule has 104 valence electrons. The van der Waals surface area contributed by atoms with Crippen LogP contribution in [0.3, 0.4) is 0 Å². The molecule has 5 heteroatoms. The lowest BCUT2D eigenvalue weighted by Crippen LogP contribution is -2.30. The van der Waals surface area contributed by atoms with Crippen LogP contribution in [0, 0.1) is 0 Å². The Labute approximate surface area is 114 Å². The Kier molecular flexibility index (Phi) is 3.55. The Bertz CT molecular complexity index is 451. The number of nitrogens with one attached hydrogen (secondary N) is 1. The summed E-state index contributed by atoms with van der Waals surface area (Å²) in [6.45, 7) is 3.30. The predicted molar refractivity (Wildman–Crippen MR) is 77.3 cm³/mol. The molecule has 0 spiro atoms. The zero-order valence-corrected chi connectivity index (χ0v) is 11.7. The van der Waals surface area contributed by atoms with Crippen molar-refractivity contribution in [1.29, 1.82) is 0 Å². The molecule has 3 rings (SSSR count). The molecule has 0 amide bonds. The van der Waals surface area contributed by atoms with E-state index in [1.54, 1.807) is 0 Å². The third kappa shape index (κ3) is 2.66. The molecule has 0 radical (unpaired) electrons. The highest BCUT2D eigenvalue weighted by Gasteiger charge is 2.25. The molecule has 2 aliphatic heterocycles. The molecule has 0 aromatic carbocycles. The number of rotatable bonds is 1.